The molecule has 0 saturated carbocycles. The van der Waals surface area contributed by atoms with Crippen molar-refractivity contribution in [2.75, 3.05) is 26.2 Å². The molecule has 24 heavy (non-hydrogen) atoms. The van der Waals surface area contributed by atoms with Crippen molar-refractivity contribution in [1.29, 1.82) is 0 Å². The van der Waals surface area contributed by atoms with E-state index in [9.17, 15) is 9.59 Å². The molecule has 1 aliphatic heterocycles. The topological polar surface area (TPSA) is 66.7 Å². The average molecular weight is 347 g/mol. The Bertz CT molecular complexity index is 704. The Morgan fingerprint density at radius 1 is 1.21 bits per heavy atom. The first kappa shape index (κ1) is 16.7. The van der Waals surface area contributed by atoms with Crippen molar-refractivity contribution in [2.45, 2.75) is 26.7 Å². The van der Waals surface area contributed by atoms with Gasteiger partial charge in [-0.15, -0.1) is 11.3 Å². The third kappa shape index (κ3) is 3.51. The first-order chi connectivity index (χ1) is 11.6. The number of hydrogen-bond acceptors (Lipinski definition) is 5. The summed E-state index contributed by atoms with van der Waals surface area (Å²) in [4.78, 5) is 29.9. The van der Waals surface area contributed by atoms with Crippen LogP contribution in [-0.4, -0.2) is 52.9 Å². The van der Waals surface area contributed by atoms with Crippen molar-refractivity contribution < 1.29 is 14.1 Å². The highest BCUT2D eigenvalue weighted by Gasteiger charge is 2.26. The van der Waals surface area contributed by atoms with Crippen LogP contribution < -0.4 is 0 Å². The van der Waals surface area contributed by atoms with E-state index in [2.05, 4.69) is 5.16 Å². The molecule has 1 fully saturated rings. The lowest BCUT2D eigenvalue weighted by Gasteiger charge is -2.22. The van der Waals surface area contributed by atoms with E-state index in [4.69, 9.17) is 4.52 Å². The van der Waals surface area contributed by atoms with Gasteiger partial charge >= 0.3 is 0 Å². The zero-order valence-electron chi connectivity index (χ0n) is 13.9. The van der Waals surface area contributed by atoms with E-state index in [1.165, 1.54) is 0 Å². The molecular formula is C17H21N3O3S. The zero-order chi connectivity index (χ0) is 17.1. The molecule has 0 unspecified atom stereocenters. The van der Waals surface area contributed by atoms with Crippen molar-refractivity contribution in [2.24, 2.45) is 0 Å². The molecule has 128 valence electrons. The van der Waals surface area contributed by atoms with Crippen LogP contribution >= 0.6 is 11.3 Å². The lowest BCUT2D eigenvalue weighted by atomic mass is 10.1. The molecule has 0 N–H and O–H groups in total. The second kappa shape index (κ2) is 7.17. The van der Waals surface area contributed by atoms with Crippen LogP contribution in [-0.2, 0) is 11.2 Å². The molecule has 1 aliphatic rings. The number of amides is 2. The summed E-state index contributed by atoms with van der Waals surface area (Å²) in [5.41, 5.74) is 1.17. The SMILES string of the molecule is Cc1noc(C)c1C(=O)N1CCCN(C(=O)Cc2cccs2)CC1. The summed E-state index contributed by atoms with van der Waals surface area (Å²) in [6, 6.07) is 3.94. The van der Waals surface area contributed by atoms with E-state index in [0.29, 0.717) is 49.6 Å². The Kier molecular flexibility index (Phi) is 4.99. The Balaban J connectivity index is 1.62. The molecule has 0 aliphatic carbocycles. The highest BCUT2D eigenvalue weighted by Crippen LogP contribution is 2.17. The van der Waals surface area contributed by atoms with Gasteiger partial charge in [0.05, 0.1) is 12.1 Å². The molecule has 2 aromatic rings. The van der Waals surface area contributed by atoms with Gasteiger partial charge in [0, 0.05) is 31.1 Å². The molecule has 3 heterocycles. The maximum Gasteiger partial charge on any atom is 0.259 e. The molecular weight excluding hydrogens is 326 g/mol. The number of hydrogen-bond donors (Lipinski definition) is 0. The largest absolute Gasteiger partial charge is 0.361 e. The minimum atomic E-state index is -0.0567. The van der Waals surface area contributed by atoms with Gasteiger partial charge in [0.1, 0.15) is 11.3 Å². The Morgan fingerprint density at radius 2 is 1.96 bits per heavy atom. The number of aromatic nitrogens is 1. The van der Waals surface area contributed by atoms with E-state index >= 15 is 0 Å². The Hall–Kier alpha value is -2.15. The van der Waals surface area contributed by atoms with Crippen LogP contribution in [0.1, 0.15) is 33.1 Å². The summed E-state index contributed by atoms with van der Waals surface area (Å²) in [6.45, 7) is 5.97. The number of carbonyl (C=O) groups is 2. The highest BCUT2D eigenvalue weighted by atomic mass is 32.1. The third-order valence-electron chi connectivity index (χ3n) is 4.29. The fourth-order valence-corrected chi connectivity index (χ4v) is 3.69. The van der Waals surface area contributed by atoms with E-state index in [0.717, 1.165) is 11.3 Å². The summed E-state index contributed by atoms with van der Waals surface area (Å²) in [7, 11) is 0. The van der Waals surface area contributed by atoms with Gasteiger partial charge in [-0.2, -0.15) is 0 Å². The molecule has 1 saturated heterocycles. The maximum atomic E-state index is 12.7. The van der Waals surface area contributed by atoms with Crippen LogP contribution in [0.15, 0.2) is 22.0 Å². The highest BCUT2D eigenvalue weighted by molar-refractivity contribution is 7.10. The maximum absolute atomic E-state index is 12.7. The van der Waals surface area contributed by atoms with Crippen LogP contribution in [0.5, 0.6) is 0 Å². The van der Waals surface area contributed by atoms with Gasteiger partial charge in [-0.05, 0) is 31.7 Å². The van der Waals surface area contributed by atoms with Crippen molar-refractivity contribution in [1.82, 2.24) is 15.0 Å². The third-order valence-corrected chi connectivity index (χ3v) is 5.16. The van der Waals surface area contributed by atoms with Crippen molar-refractivity contribution >= 4 is 23.2 Å². The van der Waals surface area contributed by atoms with Crippen LogP contribution in [0.2, 0.25) is 0 Å². The minimum Gasteiger partial charge on any atom is -0.361 e. The van der Waals surface area contributed by atoms with E-state index in [1.807, 2.05) is 22.4 Å². The summed E-state index contributed by atoms with van der Waals surface area (Å²) in [5, 5.41) is 5.84. The molecule has 6 nitrogen and oxygen atoms in total. The smallest absolute Gasteiger partial charge is 0.259 e. The van der Waals surface area contributed by atoms with E-state index < -0.39 is 0 Å². The average Bonchev–Trinajstić information content (AvgIpc) is 3.09. The van der Waals surface area contributed by atoms with Crippen molar-refractivity contribution in [3.63, 3.8) is 0 Å². The summed E-state index contributed by atoms with van der Waals surface area (Å²) in [5.74, 6) is 0.621. The summed E-state index contributed by atoms with van der Waals surface area (Å²) in [6.07, 6.45) is 1.22. The second-order valence-corrected chi connectivity index (χ2v) is 7.01. The van der Waals surface area contributed by atoms with Crippen LogP contribution in [0, 0.1) is 13.8 Å². The summed E-state index contributed by atoms with van der Waals surface area (Å²) < 4.78 is 5.10. The number of aryl methyl sites for hydroxylation is 2. The predicted molar refractivity (Wildman–Crippen MR) is 91.1 cm³/mol. The van der Waals surface area contributed by atoms with Gasteiger partial charge in [-0.25, -0.2) is 0 Å². The molecule has 3 rings (SSSR count). The molecule has 0 spiro atoms. The Labute approximate surface area is 145 Å². The first-order valence-electron chi connectivity index (χ1n) is 8.08. The zero-order valence-corrected chi connectivity index (χ0v) is 14.8. The fraction of sp³-hybridized carbons (Fsp3) is 0.471. The lowest BCUT2D eigenvalue weighted by molar-refractivity contribution is -0.130. The standard InChI is InChI=1S/C17H21N3O3S/c1-12-16(13(2)23-18-12)17(22)20-7-4-6-19(8-9-20)15(21)11-14-5-3-10-24-14/h3,5,10H,4,6-9,11H2,1-2H3. The van der Waals surface area contributed by atoms with Gasteiger partial charge in [-0.3, -0.25) is 9.59 Å². The molecule has 0 atom stereocenters. The molecule has 0 aromatic carbocycles. The van der Waals surface area contributed by atoms with Crippen molar-refractivity contribution in [3.8, 4) is 0 Å². The van der Waals surface area contributed by atoms with Crippen molar-refractivity contribution in [3.05, 3.63) is 39.4 Å². The number of rotatable bonds is 3. The van der Waals surface area contributed by atoms with Gasteiger partial charge < -0.3 is 14.3 Å². The minimum absolute atomic E-state index is 0.0567. The van der Waals surface area contributed by atoms with Gasteiger partial charge in [0.15, 0.2) is 0 Å². The van der Waals surface area contributed by atoms with Gasteiger partial charge in [-0.1, -0.05) is 11.2 Å². The number of nitrogens with zero attached hydrogens (tertiary/aromatic N) is 3. The van der Waals surface area contributed by atoms with Gasteiger partial charge in [0.25, 0.3) is 5.91 Å². The molecule has 2 amide bonds. The fourth-order valence-electron chi connectivity index (χ4n) is 2.99. The number of thiophene rings is 1. The molecule has 0 bridgehead atoms. The normalized spacial score (nSPS) is 15.4. The van der Waals surface area contributed by atoms with Crippen LogP contribution in [0.3, 0.4) is 0 Å². The van der Waals surface area contributed by atoms with E-state index in [-0.39, 0.29) is 11.8 Å². The van der Waals surface area contributed by atoms with Crippen LogP contribution in [0.4, 0.5) is 0 Å². The van der Waals surface area contributed by atoms with Crippen LogP contribution in [0.25, 0.3) is 0 Å². The number of carbonyl (C=O) groups excluding carboxylic acids is 2. The Morgan fingerprint density at radius 3 is 2.62 bits per heavy atom. The lowest BCUT2D eigenvalue weighted by Crippen LogP contribution is -2.38. The molecule has 2 aromatic heterocycles. The van der Waals surface area contributed by atoms with Gasteiger partial charge in [0.2, 0.25) is 5.91 Å². The summed E-state index contributed by atoms with van der Waals surface area (Å²) >= 11 is 1.60. The second-order valence-electron chi connectivity index (χ2n) is 5.98. The molecule has 7 heteroatoms. The monoisotopic (exact) mass is 347 g/mol. The quantitative estimate of drug-likeness (QED) is 0.854. The molecule has 0 radical (unpaired) electrons. The van der Waals surface area contributed by atoms with E-state index in [1.54, 1.807) is 30.1 Å². The predicted octanol–water partition coefficient (Wildman–Crippen LogP) is 2.27. The first-order valence-corrected chi connectivity index (χ1v) is 8.96.